The Morgan fingerprint density at radius 2 is 2.11 bits per heavy atom. The molecule has 150 valence electrons. The molecule has 3 rings (SSSR count). The average molecular weight is 426 g/mol. The Bertz CT molecular complexity index is 953. The Kier molecular flexibility index (Phi) is 6.38. The molecular formula is C18H20ClN3O5S. The molecule has 0 spiro atoms. The fourth-order valence-corrected chi connectivity index (χ4v) is 4.06. The van der Waals surface area contributed by atoms with Gasteiger partial charge < -0.3 is 14.8 Å². The number of hydrogen-bond acceptors (Lipinski definition) is 6. The SMILES string of the molecule is CN(CC(=O)NCCc1cc(Cl)c2c(c1)OCCO2)S(=O)(=O)c1cccnc1. The molecule has 8 nitrogen and oxygen atoms in total. The van der Waals surface area contributed by atoms with E-state index in [0.717, 1.165) is 9.87 Å². The summed E-state index contributed by atoms with van der Waals surface area (Å²) in [6, 6.07) is 6.55. The molecule has 1 amide bonds. The molecule has 1 aromatic carbocycles. The van der Waals surface area contributed by atoms with E-state index in [1.165, 1.54) is 31.6 Å². The van der Waals surface area contributed by atoms with Crippen LogP contribution in [0.2, 0.25) is 5.02 Å². The number of carbonyl (C=O) groups excluding carboxylic acids is 1. The van der Waals surface area contributed by atoms with Gasteiger partial charge in [-0.2, -0.15) is 4.31 Å². The number of benzene rings is 1. The first kappa shape index (κ1) is 20.4. The molecule has 1 aliphatic heterocycles. The molecule has 2 aromatic rings. The molecule has 1 aliphatic rings. The summed E-state index contributed by atoms with van der Waals surface area (Å²) in [7, 11) is -2.42. The molecule has 28 heavy (non-hydrogen) atoms. The molecule has 0 radical (unpaired) electrons. The number of aromatic nitrogens is 1. The van der Waals surface area contributed by atoms with Crippen LogP contribution in [0.3, 0.4) is 0 Å². The van der Waals surface area contributed by atoms with E-state index in [1.54, 1.807) is 6.07 Å². The number of halogens is 1. The van der Waals surface area contributed by atoms with Crippen LogP contribution in [-0.2, 0) is 21.2 Å². The minimum atomic E-state index is -3.77. The zero-order valence-electron chi connectivity index (χ0n) is 15.2. The topological polar surface area (TPSA) is 97.8 Å². The largest absolute Gasteiger partial charge is 0.486 e. The maximum atomic E-state index is 12.4. The highest BCUT2D eigenvalue weighted by molar-refractivity contribution is 7.89. The van der Waals surface area contributed by atoms with Crippen LogP contribution in [0.1, 0.15) is 5.56 Å². The van der Waals surface area contributed by atoms with E-state index in [1.807, 2.05) is 6.07 Å². The number of likely N-dealkylation sites (N-methyl/N-ethyl adjacent to an activating group) is 1. The lowest BCUT2D eigenvalue weighted by Crippen LogP contribution is -2.39. The lowest BCUT2D eigenvalue weighted by atomic mass is 10.1. The highest BCUT2D eigenvalue weighted by atomic mass is 35.5. The fraction of sp³-hybridized carbons (Fsp3) is 0.333. The van der Waals surface area contributed by atoms with E-state index in [2.05, 4.69) is 10.3 Å². The minimum Gasteiger partial charge on any atom is -0.486 e. The van der Waals surface area contributed by atoms with Gasteiger partial charge in [-0.1, -0.05) is 11.6 Å². The summed E-state index contributed by atoms with van der Waals surface area (Å²) in [4.78, 5) is 16.0. The van der Waals surface area contributed by atoms with Crippen LogP contribution < -0.4 is 14.8 Å². The van der Waals surface area contributed by atoms with Gasteiger partial charge >= 0.3 is 0 Å². The number of nitrogens with zero attached hydrogens (tertiary/aromatic N) is 2. The lowest BCUT2D eigenvalue weighted by molar-refractivity contribution is -0.121. The van der Waals surface area contributed by atoms with Crippen molar-refractivity contribution in [1.29, 1.82) is 0 Å². The van der Waals surface area contributed by atoms with Crippen LogP contribution in [0, 0.1) is 0 Å². The summed E-state index contributed by atoms with van der Waals surface area (Å²) in [5, 5.41) is 3.17. The van der Waals surface area contributed by atoms with Crippen LogP contribution in [0.5, 0.6) is 11.5 Å². The van der Waals surface area contributed by atoms with Gasteiger partial charge in [-0.15, -0.1) is 0 Å². The third kappa shape index (κ3) is 4.73. The Labute approximate surface area is 168 Å². The molecule has 0 fully saturated rings. The highest BCUT2D eigenvalue weighted by Crippen LogP contribution is 2.38. The van der Waals surface area contributed by atoms with Gasteiger partial charge in [-0.3, -0.25) is 9.78 Å². The number of amides is 1. The van der Waals surface area contributed by atoms with Crippen molar-refractivity contribution >= 4 is 27.5 Å². The van der Waals surface area contributed by atoms with Gasteiger partial charge in [0, 0.05) is 26.0 Å². The Balaban J connectivity index is 1.53. The molecule has 0 bridgehead atoms. The van der Waals surface area contributed by atoms with Gasteiger partial charge in [0.25, 0.3) is 0 Å². The third-order valence-electron chi connectivity index (χ3n) is 4.10. The molecular weight excluding hydrogens is 406 g/mol. The monoisotopic (exact) mass is 425 g/mol. The van der Waals surface area contributed by atoms with Crippen LogP contribution in [-0.4, -0.2) is 57.0 Å². The number of ether oxygens (including phenoxy) is 2. The molecule has 1 aromatic heterocycles. The van der Waals surface area contributed by atoms with E-state index in [-0.39, 0.29) is 11.4 Å². The first-order valence-corrected chi connectivity index (χ1v) is 10.4. The number of carbonyl (C=O) groups is 1. The number of pyridine rings is 1. The molecule has 0 atom stereocenters. The predicted octanol–water partition coefficient (Wildman–Crippen LogP) is 1.49. The van der Waals surface area contributed by atoms with E-state index in [9.17, 15) is 13.2 Å². The summed E-state index contributed by atoms with van der Waals surface area (Å²) in [6.45, 7) is 0.952. The van der Waals surface area contributed by atoms with Crippen LogP contribution >= 0.6 is 11.6 Å². The Morgan fingerprint density at radius 1 is 1.32 bits per heavy atom. The van der Waals surface area contributed by atoms with E-state index in [4.69, 9.17) is 21.1 Å². The minimum absolute atomic E-state index is 0.0382. The smallest absolute Gasteiger partial charge is 0.244 e. The molecule has 0 unspecified atom stereocenters. The van der Waals surface area contributed by atoms with E-state index >= 15 is 0 Å². The third-order valence-corrected chi connectivity index (χ3v) is 6.17. The van der Waals surface area contributed by atoms with Crippen molar-refractivity contribution in [2.45, 2.75) is 11.3 Å². The normalized spacial score (nSPS) is 13.4. The second kappa shape index (κ2) is 8.76. The number of nitrogens with one attached hydrogen (secondary N) is 1. The molecule has 0 saturated heterocycles. The van der Waals surface area contributed by atoms with Crippen molar-refractivity contribution in [3.63, 3.8) is 0 Å². The summed E-state index contributed by atoms with van der Waals surface area (Å²) >= 11 is 6.20. The van der Waals surface area contributed by atoms with Crippen molar-refractivity contribution in [3.8, 4) is 11.5 Å². The van der Waals surface area contributed by atoms with Crippen LogP contribution in [0.25, 0.3) is 0 Å². The highest BCUT2D eigenvalue weighted by Gasteiger charge is 2.23. The van der Waals surface area contributed by atoms with E-state index < -0.39 is 15.9 Å². The molecule has 0 saturated carbocycles. The summed E-state index contributed by atoms with van der Waals surface area (Å²) in [6.07, 6.45) is 3.24. The van der Waals surface area contributed by atoms with Crippen LogP contribution in [0.15, 0.2) is 41.6 Å². The zero-order chi connectivity index (χ0) is 20.1. The second-order valence-corrected chi connectivity index (χ2v) is 8.60. The lowest BCUT2D eigenvalue weighted by Gasteiger charge is -2.20. The van der Waals surface area contributed by atoms with Crippen molar-refractivity contribution in [2.75, 3.05) is 33.4 Å². The van der Waals surface area contributed by atoms with Gasteiger partial charge in [0.15, 0.2) is 11.5 Å². The standard InChI is InChI=1S/C18H20ClN3O5S/c1-22(28(24,25)14-3-2-5-20-11-14)12-17(23)21-6-4-13-9-15(19)18-16(10-13)26-7-8-27-18/h2-3,5,9-11H,4,6-8,12H2,1H3,(H,21,23). The molecule has 2 heterocycles. The first-order chi connectivity index (χ1) is 13.4. The van der Waals surface area contributed by atoms with Crippen molar-refractivity contribution in [2.24, 2.45) is 0 Å². The van der Waals surface area contributed by atoms with E-state index in [0.29, 0.717) is 42.7 Å². The van der Waals surface area contributed by atoms with Gasteiger partial charge in [-0.05, 0) is 36.2 Å². The average Bonchev–Trinajstić information content (AvgIpc) is 2.68. The van der Waals surface area contributed by atoms with Gasteiger partial charge in [-0.25, -0.2) is 8.42 Å². The number of hydrogen-bond donors (Lipinski definition) is 1. The molecule has 10 heteroatoms. The Morgan fingerprint density at radius 3 is 2.86 bits per heavy atom. The van der Waals surface area contributed by atoms with Gasteiger partial charge in [0.2, 0.25) is 15.9 Å². The number of sulfonamides is 1. The first-order valence-electron chi connectivity index (χ1n) is 8.59. The van der Waals surface area contributed by atoms with Crippen molar-refractivity contribution in [3.05, 3.63) is 47.2 Å². The quantitative estimate of drug-likeness (QED) is 0.721. The maximum absolute atomic E-state index is 12.4. The molecule has 0 aliphatic carbocycles. The summed E-state index contributed by atoms with van der Waals surface area (Å²) in [5.41, 5.74) is 0.880. The Hall–Kier alpha value is -2.36. The maximum Gasteiger partial charge on any atom is 0.244 e. The van der Waals surface area contributed by atoms with Crippen molar-refractivity contribution in [1.82, 2.24) is 14.6 Å². The summed E-state index contributed by atoms with van der Waals surface area (Å²) < 4.78 is 36.8. The summed E-state index contributed by atoms with van der Waals surface area (Å²) in [5.74, 6) is 0.712. The predicted molar refractivity (Wildman–Crippen MR) is 103 cm³/mol. The number of fused-ring (bicyclic) bond motifs is 1. The zero-order valence-corrected chi connectivity index (χ0v) is 16.8. The number of rotatable bonds is 7. The second-order valence-electron chi connectivity index (χ2n) is 6.15. The van der Waals surface area contributed by atoms with Crippen molar-refractivity contribution < 1.29 is 22.7 Å². The molecule has 1 N–H and O–H groups in total. The van der Waals surface area contributed by atoms with Gasteiger partial charge in [0.1, 0.15) is 18.1 Å². The van der Waals surface area contributed by atoms with Gasteiger partial charge in [0.05, 0.1) is 11.6 Å². The van der Waals surface area contributed by atoms with Crippen LogP contribution in [0.4, 0.5) is 0 Å². The fourth-order valence-electron chi connectivity index (χ4n) is 2.68.